The lowest BCUT2D eigenvalue weighted by atomic mass is 10.1. The lowest BCUT2D eigenvalue weighted by molar-refractivity contribution is -0.119. The fraction of sp³-hybridized carbons (Fsp3) is 0.130. The van der Waals surface area contributed by atoms with Crippen molar-refractivity contribution in [3.63, 3.8) is 0 Å². The molecule has 2 aromatic heterocycles. The van der Waals surface area contributed by atoms with Crippen molar-refractivity contribution in [2.24, 2.45) is 0 Å². The zero-order chi connectivity index (χ0) is 20.4. The number of aryl methyl sites for hydroxylation is 2. The Balaban J connectivity index is 1.50. The number of fused-ring (bicyclic) bond motifs is 2. The number of nitrogens with one attached hydrogen (secondary N) is 1. The van der Waals surface area contributed by atoms with Gasteiger partial charge in [0.25, 0.3) is 5.91 Å². The molecule has 4 aromatic rings. The molecule has 2 heterocycles. The largest absolute Gasteiger partial charge is 0.452 e. The average Bonchev–Trinajstić information content (AvgIpc) is 2.72. The van der Waals surface area contributed by atoms with Crippen LogP contribution in [0.3, 0.4) is 0 Å². The number of pyridine rings is 2. The number of hydrogen-bond acceptors (Lipinski definition) is 5. The van der Waals surface area contributed by atoms with Gasteiger partial charge in [-0.05, 0) is 56.3 Å². The van der Waals surface area contributed by atoms with Gasteiger partial charge in [0.1, 0.15) is 0 Å². The molecule has 0 saturated heterocycles. The van der Waals surface area contributed by atoms with Gasteiger partial charge in [-0.15, -0.1) is 0 Å². The zero-order valence-corrected chi connectivity index (χ0v) is 16.1. The van der Waals surface area contributed by atoms with E-state index in [1.54, 1.807) is 24.4 Å². The van der Waals surface area contributed by atoms with E-state index in [1.807, 2.05) is 50.2 Å². The molecule has 2 aromatic carbocycles. The lowest BCUT2D eigenvalue weighted by Gasteiger charge is -2.10. The number of ether oxygens (including phenoxy) is 1. The summed E-state index contributed by atoms with van der Waals surface area (Å²) in [6.07, 6.45) is 1.69. The van der Waals surface area contributed by atoms with Crippen molar-refractivity contribution in [3.05, 3.63) is 77.6 Å². The number of amides is 1. The summed E-state index contributed by atoms with van der Waals surface area (Å²) in [4.78, 5) is 33.7. The van der Waals surface area contributed by atoms with Crippen molar-refractivity contribution in [1.29, 1.82) is 0 Å². The fourth-order valence-corrected chi connectivity index (χ4v) is 3.25. The highest BCUT2D eigenvalue weighted by molar-refractivity contribution is 6.05. The lowest BCUT2D eigenvalue weighted by Crippen LogP contribution is -2.21. The van der Waals surface area contributed by atoms with E-state index in [-0.39, 0.29) is 6.61 Å². The monoisotopic (exact) mass is 385 g/mol. The Hall–Kier alpha value is -3.80. The minimum Gasteiger partial charge on any atom is -0.452 e. The minimum atomic E-state index is -0.555. The molecule has 0 aliphatic rings. The van der Waals surface area contributed by atoms with Crippen molar-refractivity contribution in [1.82, 2.24) is 9.97 Å². The van der Waals surface area contributed by atoms with Crippen molar-refractivity contribution >= 4 is 39.4 Å². The third-order valence-electron chi connectivity index (χ3n) is 4.57. The molecule has 0 bridgehead atoms. The van der Waals surface area contributed by atoms with E-state index < -0.39 is 11.9 Å². The first-order chi connectivity index (χ1) is 14.0. The fourth-order valence-electron chi connectivity index (χ4n) is 3.25. The van der Waals surface area contributed by atoms with E-state index in [0.717, 1.165) is 22.0 Å². The third kappa shape index (κ3) is 3.91. The predicted molar refractivity (Wildman–Crippen MR) is 112 cm³/mol. The number of carbonyl (C=O) groups excluding carboxylic acids is 2. The number of rotatable bonds is 4. The molecule has 0 atom stereocenters. The second-order valence-corrected chi connectivity index (χ2v) is 6.83. The maximum Gasteiger partial charge on any atom is 0.339 e. The van der Waals surface area contributed by atoms with E-state index in [1.165, 1.54) is 0 Å². The smallest absolute Gasteiger partial charge is 0.339 e. The molecular weight excluding hydrogens is 366 g/mol. The van der Waals surface area contributed by atoms with Gasteiger partial charge in [0.05, 0.1) is 22.3 Å². The summed E-state index contributed by atoms with van der Waals surface area (Å²) >= 11 is 0. The van der Waals surface area contributed by atoms with E-state index in [9.17, 15) is 9.59 Å². The SMILES string of the molecule is Cc1ccc2nc(C)cc(C(=O)OCC(=O)Nc3cccc4ncccc34)c2c1. The number of esters is 1. The summed E-state index contributed by atoms with van der Waals surface area (Å²) in [7, 11) is 0. The van der Waals surface area contributed by atoms with Gasteiger partial charge in [-0.1, -0.05) is 17.7 Å². The Labute approximate surface area is 167 Å². The van der Waals surface area contributed by atoms with Crippen LogP contribution in [0.5, 0.6) is 0 Å². The molecule has 0 spiro atoms. The molecule has 0 fully saturated rings. The molecular formula is C23H19N3O3. The topological polar surface area (TPSA) is 81.2 Å². The number of carbonyl (C=O) groups is 2. The molecule has 1 amide bonds. The van der Waals surface area contributed by atoms with Gasteiger partial charge in [-0.25, -0.2) is 4.79 Å². The molecule has 0 unspecified atom stereocenters. The summed E-state index contributed by atoms with van der Waals surface area (Å²) in [6, 6.07) is 16.5. The van der Waals surface area contributed by atoms with Crippen molar-refractivity contribution < 1.29 is 14.3 Å². The molecule has 6 heteroatoms. The van der Waals surface area contributed by atoms with Crippen molar-refractivity contribution in [2.75, 3.05) is 11.9 Å². The van der Waals surface area contributed by atoms with Gasteiger partial charge in [0.15, 0.2) is 6.61 Å². The first-order valence-electron chi connectivity index (χ1n) is 9.20. The highest BCUT2D eigenvalue weighted by Crippen LogP contribution is 2.22. The number of hydrogen-bond donors (Lipinski definition) is 1. The Morgan fingerprint density at radius 1 is 0.966 bits per heavy atom. The molecule has 4 rings (SSSR count). The maximum atomic E-state index is 12.7. The first kappa shape index (κ1) is 18.6. The van der Waals surface area contributed by atoms with Crippen LogP contribution in [0.1, 0.15) is 21.6 Å². The average molecular weight is 385 g/mol. The van der Waals surface area contributed by atoms with Gasteiger partial charge in [-0.3, -0.25) is 14.8 Å². The normalized spacial score (nSPS) is 10.8. The van der Waals surface area contributed by atoms with E-state index in [4.69, 9.17) is 4.74 Å². The second kappa shape index (κ2) is 7.67. The van der Waals surface area contributed by atoms with Gasteiger partial charge in [0, 0.05) is 22.7 Å². The number of anilines is 1. The Bertz CT molecular complexity index is 1250. The Morgan fingerprint density at radius 2 is 1.83 bits per heavy atom. The maximum absolute atomic E-state index is 12.7. The van der Waals surface area contributed by atoms with Gasteiger partial charge >= 0.3 is 5.97 Å². The van der Waals surface area contributed by atoms with Gasteiger partial charge in [-0.2, -0.15) is 0 Å². The molecule has 1 N–H and O–H groups in total. The van der Waals surface area contributed by atoms with E-state index >= 15 is 0 Å². The summed E-state index contributed by atoms with van der Waals surface area (Å²) < 4.78 is 5.28. The molecule has 0 aliphatic carbocycles. The standard InChI is InChI=1S/C23H19N3O3/c1-14-8-9-21-17(11-14)18(12-15(2)25-21)23(28)29-13-22(27)26-20-7-3-6-19-16(20)5-4-10-24-19/h3-12H,13H2,1-2H3,(H,26,27). The zero-order valence-electron chi connectivity index (χ0n) is 16.1. The molecule has 29 heavy (non-hydrogen) atoms. The highest BCUT2D eigenvalue weighted by atomic mass is 16.5. The first-order valence-corrected chi connectivity index (χ1v) is 9.20. The predicted octanol–water partition coefficient (Wildman–Crippen LogP) is 4.20. The van der Waals surface area contributed by atoms with E-state index in [0.29, 0.717) is 22.3 Å². The van der Waals surface area contributed by atoms with Crippen LogP contribution in [0, 0.1) is 13.8 Å². The Kier molecular flexibility index (Phi) is 4.91. The molecule has 0 radical (unpaired) electrons. The highest BCUT2D eigenvalue weighted by Gasteiger charge is 2.16. The van der Waals surface area contributed by atoms with Crippen LogP contribution in [0.15, 0.2) is 60.8 Å². The van der Waals surface area contributed by atoms with Crippen LogP contribution in [-0.4, -0.2) is 28.5 Å². The number of aromatic nitrogens is 2. The third-order valence-corrected chi connectivity index (χ3v) is 4.57. The Morgan fingerprint density at radius 3 is 2.69 bits per heavy atom. The van der Waals surface area contributed by atoms with Crippen molar-refractivity contribution in [3.8, 4) is 0 Å². The molecule has 6 nitrogen and oxygen atoms in total. The van der Waals surface area contributed by atoms with E-state index in [2.05, 4.69) is 15.3 Å². The van der Waals surface area contributed by atoms with Crippen molar-refractivity contribution in [2.45, 2.75) is 13.8 Å². The quantitative estimate of drug-likeness (QED) is 0.533. The van der Waals surface area contributed by atoms with Crippen LogP contribution < -0.4 is 5.32 Å². The van der Waals surface area contributed by atoms with Crippen LogP contribution in [0.4, 0.5) is 5.69 Å². The van der Waals surface area contributed by atoms with Gasteiger partial charge < -0.3 is 10.1 Å². The molecule has 0 aliphatic heterocycles. The molecule has 0 saturated carbocycles. The minimum absolute atomic E-state index is 0.385. The summed E-state index contributed by atoms with van der Waals surface area (Å²) in [5, 5.41) is 4.31. The van der Waals surface area contributed by atoms with Crippen LogP contribution in [0.25, 0.3) is 21.8 Å². The summed E-state index contributed by atoms with van der Waals surface area (Å²) in [5.74, 6) is -0.971. The second-order valence-electron chi connectivity index (χ2n) is 6.83. The number of nitrogens with zero attached hydrogens (tertiary/aromatic N) is 2. The van der Waals surface area contributed by atoms with Gasteiger partial charge in [0.2, 0.25) is 0 Å². The summed E-state index contributed by atoms with van der Waals surface area (Å²) in [5.41, 5.74) is 4.24. The van der Waals surface area contributed by atoms with Crippen LogP contribution in [0.2, 0.25) is 0 Å². The summed E-state index contributed by atoms with van der Waals surface area (Å²) in [6.45, 7) is 3.38. The van der Waals surface area contributed by atoms with Crippen LogP contribution >= 0.6 is 0 Å². The molecule has 144 valence electrons. The van der Waals surface area contributed by atoms with Crippen LogP contribution in [-0.2, 0) is 9.53 Å². The number of benzene rings is 2.